The van der Waals surface area contributed by atoms with Crippen LogP contribution in [0.15, 0.2) is 61.3 Å². The molecule has 0 aromatic carbocycles. The number of hydrogen-bond donors (Lipinski definition) is 10. The summed E-state index contributed by atoms with van der Waals surface area (Å²) >= 11 is 0. The fourth-order valence-corrected chi connectivity index (χ4v) is 3.57. The first-order valence-corrected chi connectivity index (χ1v) is 24.1. The van der Waals surface area contributed by atoms with Gasteiger partial charge in [-0.2, -0.15) is 0 Å². The molecule has 0 saturated carbocycles. The number of phosphoric acid groups is 4. The molecule has 10 N–H and O–H groups in total. The maximum absolute atomic E-state index is 10.8. The first-order chi connectivity index (χ1) is 28.3. The van der Waals surface area contributed by atoms with Gasteiger partial charge in [0.05, 0.1) is 33.0 Å². The second kappa shape index (κ2) is 48.3. The van der Waals surface area contributed by atoms with E-state index in [4.69, 9.17) is 48.9 Å². The highest BCUT2D eigenvalue weighted by atomic mass is 31.2. The summed E-state index contributed by atoms with van der Waals surface area (Å²) in [5.74, 6) is -3.22. The highest BCUT2D eigenvalue weighted by molar-refractivity contribution is 7.51. The molecule has 0 aliphatic rings. The highest BCUT2D eigenvalue weighted by Gasteiger charge is 2.17. The van der Waals surface area contributed by atoms with E-state index in [9.17, 15) is 46.8 Å². The molecule has 0 rings (SSSR count). The van der Waals surface area contributed by atoms with Gasteiger partial charge in [0.2, 0.25) is 0 Å². The van der Waals surface area contributed by atoms with Crippen molar-refractivity contribution in [3.05, 3.63) is 61.3 Å². The van der Waals surface area contributed by atoms with Gasteiger partial charge in [0.15, 0.2) is 6.35 Å². The zero-order chi connectivity index (χ0) is 50.8. The van der Waals surface area contributed by atoms with Crippen LogP contribution in [-0.4, -0.2) is 138 Å². The lowest BCUT2D eigenvalue weighted by Gasteiger charge is -2.05. The largest absolute Gasteiger partial charge is 0.469 e. The second-order valence-corrected chi connectivity index (χ2v) is 17.3. The summed E-state index contributed by atoms with van der Waals surface area (Å²) in [7, 11) is -22.0. The molecule has 0 saturated heterocycles. The Morgan fingerprint density at radius 3 is 0.855 bits per heavy atom. The summed E-state index contributed by atoms with van der Waals surface area (Å²) in [6.07, 6.45) is 0.278. The molecule has 0 aliphatic carbocycles. The molecule has 0 atom stereocenters. The van der Waals surface area contributed by atoms with E-state index in [0.717, 1.165) is 6.08 Å². The molecule has 0 aromatic rings. The summed E-state index contributed by atoms with van der Waals surface area (Å²) in [5.41, 5.74) is 0.826. The molecule has 0 fully saturated rings. The van der Waals surface area contributed by atoms with Crippen LogP contribution in [0.25, 0.3) is 0 Å². The Morgan fingerprint density at radius 1 is 0.391 bits per heavy atom. The maximum atomic E-state index is 10.8. The van der Waals surface area contributed by atoms with E-state index in [1.54, 1.807) is 0 Å². The average molecular weight is 1120 g/mol. The smallest absolute Gasteiger partial charge is 0.462 e. The highest BCUT2D eigenvalue weighted by Crippen LogP contribution is 2.37. The molecule has 0 amide bonds. The Balaban J connectivity index is -0.0000000664. The molecule has 34 heteroatoms. The third kappa shape index (κ3) is 88.2. The van der Waals surface area contributed by atoms with Crippen molar-refractivity contribution >= 4 is 68.7 Å². The molecular weight excluding hydrogens is 1040 g/mol. The zero-order valence-corrected chi connectivity index (χ0v) is 38.6. The van der Waals surface area contributed by atoms with Crippen LogP contribution in [0.2, 0.25) is 0 Å². The fourth-order valence-electron chi connectivity index (χ4n) is 1.98. The fraction of sp³-hybridized carbons (Fsp3) is 0.571. The van der Waals surface area contributed by atoms with Gasteiger partial charge < -0.3 is 72.6 Å². The van der Waals surface area contributed by atoms with Gasteiger partial charge in [-0.3, -0.25) is 22.7 Å². The van der Waals surface area contributed by atoms with Crippen molar-refractivity contribution in [2.24, 2.45) is 0 Å². The van der Waals surface area contributed by atoms with Crippen molar-refractivity contribution in [2.45, 2.75) is 78.7 Å². The normalized spacial score (nSPS) is 10.0. The van der Waals surface area contributed by atoms with E-state index in [-0.39, 0.29) is 126 Å². The lowest BCUT2D eigenvalue weighted by Crippen LogP contribution is -2.10. The summed E-state index contributed by atoms with van der Waals surface area (Å²) in [6.45, 7) is 20.4. The van der Waals surface area contributed by atoms with Crippen LogP contribution in [0.1, 0.15) is 78.7 Å². The molecular formula is C35H77O29P5. The number of rotatable bonds is 24. The van der Waals surface area contributed by atoms with E-state index in [2.05, 4.69) is 74.7 Å². The topological polar surface area (TPSA) is 456 Å². The predicted octanol–water partition coefficient (Wildman–Crippen LogP) is 4.92. The van der Waals surface area contributed by atoms with Crippen molar-refractivity contribution in [1.29, 1.82) is 0 Å². The van der Waals surface area contributed by atoms with Crippen LogP contribution in [0.3, 0.4) is 0 Å². The molecule has 0 aliphatic heterocycles. The van der Waals surface area contributed by atoms with E-state index < -0.39 is 75.1 Å². The molecule has 0 bridgehead atoms. The van der Waals surface area contributed by atoms with Gasteiger partial charge in [0.1, 0.15) is 19.8 Å². The molecule has 69 heavy (non-hydrogen) atoms. The van der Waals surface area contributed by atoms with Gasteiger partial charge in [0, 0.05) is 34.8 Å². The molecule has 0 heterocycles. The van der Waals surface area contributed by atoms with E-state index in [1.807, 2.05) is 0 Å². The van der Waals surface area contributed by atoms with Crippen LogP contribution in [0.4, 0.5) is 0 Å². The third-order valence-corrected chi connectivity index (χ3v) is 6.99. The van der Waals surface area contributed by atoms with Gasteiger partial charge in [-0.05, 0) is 27.7 Å². The summed E-state index contributed by atoms with van der Waals surface area (Å²) < 4.78 is 88.9. The summed E-state index contributed by atoms with van der Waals surface area (Å²) in [5, 5.41) is 0. The van der Waals surface area contributed by atoms with Crippen LogP contribution in [-0.2, 0) is 88.6 Å². The predicted molar refractivity (Wildman–Crippen MR) is 253 cm³/mol. The minimum Gasteiger partial charge on any atom is -0.462 e. The summed E-state index contributed by atoms with van der Waals surface area (Å²) in [4.78, 5) is 135. The number of hydrogen-bond acceptors (Lipinski definition) is 19. The molecule has 0 spiro atoms. The minimum atomic E-state index is -4.46. The standard InChI is InChI=1S/C7H13O6P.2C6H11O6P.C5H9O6P.C5H9O5P.6CH4/c1-6(2)7(8)12-4-3-5-13-14(9,10)11;2*1-5(2)6(7)11-3-4-12-13(8,9)10;1-2-5(6)10-3-4-11-12(7,8)9;1-4(2)5(6)10-3-11(7,8)9;;;;;;/h1,3-5H2,2H3,(H2,9,10,11);2*1,3-4H2,2H3,(H2,8,9,10);2H,1,3-4H2,(H2,7,8,9);1,3H2,2H3,(H2,7,8,9);6*1H4. The summed E-state index contributed by atoms with van der Waals surface area (Å²) in [6, 6.07) is 0. The van der Waals surface area contributed by atoms with Crippen LogP contribution in [0.5, 0.6) is 0 Å². The monoisotopic (exact) mass is 1120 g/mol. The number of ether oxygens (including phenoxy) is 5. The number of phosphoric ester groups is 4. The van der Waals surface area contributed by atoms with E-state index >= 15 is 0 Å². The second-order valence-electron chi connectivity index (χ2n) is 10.8. The molecule has 416 valence electrons. The Labute approximate surface area is 404 Å². The number of carbonyl (C=O) groups is 5. The first kappa shape index (κ1) is 91.9. The number of carbonyl (C=O) groups excluding carboxylic acids is 5. The molecule has 0 unspecified atom stereocenters. The van der Waals surface area contributed by atoms with Gasteiger partial charge in [-0.15, -0.1) is 0 Å². The minimum absolute atomic E-state index is 0. The van der Waals surface area contributed by atoms with Crippen LogP contribution < -0.4 is 0 Å². The molecule has 29 nitrogen and oxygen atoms in total. The Morgan fingerprint density at radius 2 is 0.623 bits per heavy atom. The van der Waals surface area contributed by atoms with Crippen LogP contribution in [0, 0.1) is 0 Å². The lowest BCUT2D eigenvalue weighted by atomic mass is 10.4. The SMILES string of the molecule is C.C.C.C.C.C.C=C(C)C(=O)OCCCOP(=O)(O)O.C=C(C)C(=O)OCCOP(=O)(O)O.C=C(C)C(=O)OCCOP(=O)(O)O.C=C(C)C(=O)OCP(=O)(O)O.C=CC(=O)OCCOP(=O)(O)O. The Kier molecular flexibility index (Phi) is 64.3. The van der Waals surface area contributed by atoms with E-state index in [0.29, 0.717) is 0 Å². The average Bonchev–Trinajstić information content (AvgIpc) is 3.11. The quantitative estimate of drug-likeness (QED) is 0.0202. The van der Waals surface area contributed by atoms with Gasteiger partial charge in [-0.25, -0.2) is 42.2 Å². The van der Waals surface area contributed by atoms with Crippen molar-refractivity contribution < 1.29 is 138 Å². The van der Waals surface area contributed by atoms with Crippen molar-refractivity contribution in [3.8, 4) is 0 Å². The van der Waals surface area contributed by atoms with Gasteiger partial charge in [0.25, 0.3) is 0 Å². The molecule has 0 aromatic heterocycles. The zero-order valence-electron chi connectivity index (χ0n) is 34.1. The van der Waals surface area contributed by atoms with Gasteiger partial charge >= 0.3 is 68.7 Å². The first-order valence-electron chi connectivity index (χ1n) is 16.2. The van der Waals surface area contributed by atoms with Crippen molar-refractivity contribution in [3.63, 3.8) is 0 Å². The van der Waals surface area contributed by atoms with Crippen LogP contribution >= 0.6 is 38.9 Å². The van der Waals surface area contributed by atoms with E-state index in [1.165, 1.54) is 27.7 Å². The molecule has 0 radical (unpaired) electrons. The van der Waals surface area contributed by atoms with Crippen molar-refractivity contribution in [2.75, 3.05) is 59.2 Å². The Hall–Kier alpha value is -3.36. The van der Waals surface area contributed by atoms with Crippen molar-refractivity contribution in [1.82, 2.24) is 0 Å². The lowest BCUT2D eigenvalue weighted by molar-refractivity contribution is -0.140. The third-order valence-electron chi connectivity index (χ3n) is 4.44. The Bertz CT molecular complexity index is 1700. The maximum Gasteiger partial charge on any atom is 0.469 e. The van der Waals surface area contributed by atoms with Gasteiger partial charge in [-0.1, -0.05) is 77.5 Å². The number of esters is 5.